The van der Waals surface area contributed by atoms with Crippen LogP contribution in [-0.4, -0.2) is 38.0 Å². The highest BCUT2D eigenvalue weighted by molar-refractivity contribution is 7.92. The molecule has 0 aromatic rings. The van der Waals surface area contributed by atoms with Crippen molar-refractivity contribution in [1.29, 1.82) is 0 Å². The van der Waals surface area contributed by atoms with Crippen molar-refractivity contribution in [2.75, 3.05) is 12.8 Å². The summed E-state index contributed by atoms with van der Waals surface area (Å²) in [5, 5.41) is 5.30. The molecule has 0 radical (unpaired) electrons. The van der Waals surface area contributed by atoms with Crippen LogP contribution in [0.15, 0.2) is 0 Å². The summed E-state index contributed by atoms with van der Waals surface area (Å²) >= 11 is 0. The van der Waals surface area contributed by atoms with Gasteiger partial charge in [0.25, 0.3) is 0 Å². The largest absolute Gasteiger partial charge is 0.337 e. The fourth-order valence-electron chi connectivity index (χ4n) is 0.888. The molecule has 0 saturated heterocycles. The molecule has 0 unspecified atom stereocenters. The highest BCUT2D eigenvalue weighted by atomic mass is 32.2. The lowest BCUT2D eigenvalue weighted by molar-refractivity contribution is 0.239. The fourth-order valence-corrected chi connectivity index (χ4v) is 1.22. The summed E-state index contributed by atoms with van der Waals surface area (Å²) in [6.45, 7) is 3.32. The maximum Gasteiger partial charge on any atom is 0.315 e. The van der Waals surface area contributed by atoms with Crippen LogP contribution in [-0.2, 0) is 9.84 Å². The summed E-state index contributed by atoms with van der Waals surface area (Å²) in [4.78, 5) is 11.3. The lowest BCUT2D eigenvalue weighted by atomic mass is 10.2. The molecule has 2 N–H and O–H groups in total. The van der Waals surface area contributed by atoms with Crippen LogP contribution in [0.3, 0.4) is 0 Å². The minimum atomic E-state index is -3.15. The molecule has 1 aliphatic rings. The van der Waals surface area contributed by atoms with Crippen LogP contribution in [0.2, 0.25) is 0 Å². The summed E-state index contributed by atoms with van der Waals surface area (Å²) in [5.41, 5.74) is 0. The van der Waals surface area contributed by atoms with Crippen LogP contribution in [0.5, 0.6) is 0 Å². The Morgan fingerprint density at radius 1 is 1.40 bits per heavy atom. The van der Waals surface area contributed by atoms with Crippen molar-refractivity contribution in [3.8, 4) is 0 Å². The Balaban J connectivity index is 2.37. The van der Waals surface area contributed by atoms with Crippen LogP contribution in [0.4, 0.5) is 4.79 Å². The first-order valence-electron chi connectivity index (χ1n) is 4.96. The van der Waals surface area contributed by atoms with Gasteiger partial charge in [0.1, 0.15) is 0 Å². The lowest BCUT2D eigenvalue weighted by Crippen LogP contribution is -2.47. The van der Waals surface area contributed by atoms with Gasteiger partial charge in [-0.3, -0.25) is 0 Å². The summed E-state index contributed by atoms with van der Waals surface area (Å²) in [6, 6.07) is 0.000529. The van der Waals surface area contributed by atoms with Crippen molar-refractivity contribution in [3.63, 3.8) is 0 Å². The zero-order valence-electron chi connectivity index (χ0n) is 9.33. The van der Waals surface area contributed by atoms with E-state index in [0.717, 1.165) is 12.8 Å². The highest BCUT2D eigenvalue weighted by Gasteiger charge is 2.31. The van der Waals surface area contributed by atoms with Gasteiger partial charge in [-0.2, -0.15) is 0 Å². The van der Waals surface area contributed by atoms with E-state index >= 15 is 0 Å². The third-order valence-electron chi connectivity index (χ3n) is 2.59. The van der Waals surface area contributed by atoms with E-state index in [1.54, 1.807) is 13.8 Å². The molecule has 2 amide bonds. The van der Waals surface area contributed by atoms with Crippen LogP contribution >= 0.6 is 0 Å². The van der Waals surface area contributed by atoms with Gasteiger partial charge in [-0.1, -0.05) is 0 Å². The maximum absolute atomic E-state index is 11.3. The third-order valence-corrected chi connectivity index (χ3v) is 4.74. The second-order valence-electron chi connectivity index (χ2n) is 4.63. The molecule has 6 heteroatoms. The molecule has 0 spiro atoms. The van der Waals surface area contributed by atoms with Crippen LogP contribution in [0, 0.1) is 0 Å². The lowest BCUT2D eigenvalue weighted by Gasteiger charge is -2.22. The molecule has 0 heterocycles. The van der Waals surface area contributed by atoms with E-state index in [4.69, 9.17) is 0 Å². The first-order valence-corrected chi connectivity index (χ1v) is 6.85. The number of amides is 2. The molecule has 1 rings (SSSR count). The van der Waals surface area contributed by atoms with Gasteiger partial charge in [-0.25, -0.2) is 13.2 Å². The number of hydrogen-bond donors (Lipinski definition) is 2. The normalized spacial score (nSPS) is 17.3. The number of carbonyl (C=O) groups excluding carboxylic acids is 1. The Kier molecular flexibility index (Phi) is 3.28. The Hall–Kier alpha value is -0.780. The van der Waals surface area contributed by atoms with Crippen molar-refractivity contribution in [2.45, 2.75) is 37.5 Å². The van der Waals surface area contributed by atoms with Gasteiger partial charge >= 0.3 is 6.03 Å². The Morgan fingerprint density at radius 3 is 2.33 bits per heavy atom. The summed E-state index contributed by atoms with van der Waals surface area (Å²) in [7, 11) is -3.15. The van der Waals surface area contributed by atoms with Gasteiger partial charge in [0.05, 0.1) is 4.75 Å². The average molecular weight is 234 g/mol. The average Bonchev–Trinajstić information content (AvgIpc) is 2.83. The van der Waals surface area contributed by atoms with Crippen molar-refractivity contribution in [1.82, 2.24) is 10.6 Å². The predicted octanol–water partition coefficient (Wildman–Crippen LogP) is 0.271. The molecule has 15 heavy (non-hydrogen) atoms. The van der Waals surface area contributed by atoms with E-state index in [9.17, 15) is 13.2 Å². The molecule has 0 aromatic heterocycles. The van der Waals surface area contributed by atoms with E-state index < -0.39 is 14.6 Å². The number of sulfone groups is 1. The maximum atomic E-state index is 11.3. The van der Waals surface area contributed by atoms with E-state index in [2.05, 4.69) is 10.6 Å². The molecule has 0 bridgehead atoms. The molecule has 5 nitrogen and oxygen atoms in total. The van der Waals surface area contributed by atoms with Crippen molar-refractivity contribution < 1.29 is 13.2 Å². The molecular weight excluding hydrogens is 216 g/mol. The molecule has 0 aliphatic heterocycles. The van der Waals surface area contributed by atoms with Crippen molar-refractivity contribution in [3.05, 3.63) is 0 Å². The van der Waals surface area contributed by atoms with Gasteiger partial charge in [-0.05, 0) is 26.7 Å². The van der Waals surface area contributed by atoms with Gasteiger partial charge in [0, 0.05) is 18.8 Å². The number of nitrogens with one attached hydrogen (secondary N) is 2. The molecular formula is C9H18N2O3S. The molecule has 0 aromatic carbocycles. The van der Waals surface area contributed by atoms with E-state index in [1.807, 2.05) is 0 Å². The van der Waals surface area contributed by atoms with Gasteiger partial charge in [-0.15, -0.1) is 0 Å². The molecule has 0 atom stereocenters. The van der Waals surface area contributed by atoms with Gasteiger partial charge in [0.15, 0.2) is 9.84 Å². The van der Waals surface area contributed by atoms with Gasteiger partial charge in [0.2, 0.25) is 0 Å². The number of rotatable bonds is 4. The van der Waals surface area contributed by atoms with Crippen LogP contribution in [0.1, 0.15) is 26.7 Å². The Bertz CT molecular complexity index is 344. The van der Waals surface area contributed by atoms with E-state index in [1.165, 1.54) is 6.26 Å². The van der Waals surface area contributed by atoms with Crippen LogP contribution < -0.4 is 10.6 Å². The molecule has 1 saturated carbocycles. The summed E-state index contributed by atoms with van der Waals surface area (Å²) in [6.07, 6.45) is 3.21. The summed E-state index contributed by atoms with van der Waals surface area (Å²) in [5.74, 6) is 0. The minimum Gasteiger partial charge on any atom is -0.337 e. The fraction of sp³-hybridized carbons (Fsp3) is 0.889. The second kappa shape index (κ2) is 4.00. The quantitative estimate of drug-likeness (QED) is 0.733. The second-order valence-corrected chi connectivity index (χ2v) is 7.28. The third kappa shape index (κ3) is 3.70. The SMILES string of the molecule is CC(C)(CNC(=O)NC1CC1)S(C)(=O)=O. The van der Waals surface area contributed by atoms with Crippen molar-refractivity contribution in [2.24, 2.45) is 0 Å². The highest BCUT2D eigenvalue weighted by Crippen LogP contribution is 2.18. The van der Waals surface area contributed by atoms with Crippen molar-refractivity contribution >= 4 is 15.9 Å². The number of hydrogen-bond acceptors (Lipinski definition) is 3. The monoisotopic (exact) mass is 234 g/mol. The molecule has 88 valence electrons. The molecule has 1 aliphatic carbocycles. The zero-order chi connectivity index (χ0) is 11.7. The Morgan fingerprint density at radius 2 is 1.93 bits per heavy atom. The number of urea groups is 1. The zero-order valence-corrected chi connectivity index (χ0v) is 10.1. The first kappa shape index (κ1) is 12.3. The van der Waals surface area contributed by atoms with Crippen LogP contribution in [0.25, 0.3) is 0 Å². The number of carbonyl (C=O) groups is 1. The minimum absolute atomic E-state index is 0.129. The summed E-state index contributed by atoms with van der Waals surface area (Å²) < 4.78 is 21.7. The standard InChI is InChI=1S/C9H18N2O3S/c1-9(2,15(3,13)14)6-10-8(12)11-7-4-5-7/h7H,4-6H2,1-3H3,(H2,10,11,12). The Labute approximate surface area is 90.5 Å². The van der Waals surface area contributed by atoms with E-state index in [0.29, 0.717) is 0 Å². The smallest absolute Gasteiger partial charge is 0.315 e. The predicted molar refractivity (Wildman–Crippen MR) is 58.5 cm³/mol. The van der Waals surface area contributed by atoms with E-state index in [-0.39, 0.29) is 18.6 Å². The van der Waals surface area contributed by atoms with Gasteiger partial charge < -0.3 is 10.6 Å². The topological polar surface area (TPSA) is 75.3 Å². The molecule has 1 fully saturated rings. The first-order chi connectivity index (χ1) is 6.72.